The molecule has 20 heavy (non-hydrogen) atoms. The minimum absolute atomic E-state index is 0.596. The summed E-state index contributed by atoms with van der Waals surface area (Å²) in [6.07, 6.45) is 5.34. The van der Waals surface area contributed by atoms with Crippen molar-refractivity contribution in [2.24, 2.45) is 5.92 Å². The van der Waals surface area contributed by atoms with Crippen molar-refractivity contribution in [2.45, 2.75) is 44.7 Å². The van der Waals surface area contributed by atoms with Gasteiger partial charge in [0.2, 0.25) is 0 Å². The van der Waals surface area contributed by atoms with Crippen LogP contribution in [0.25, 0.3) is 0 Å². The quantitative estimate of drug-likeness (QED) is 0.791. The Hall–Kier alpha value is -0.160. The van der Waals surface area contributed by atoms with Crippen LogP contribution < -0.4 is 5.32 Å². The van der Waals surface area contributed by atoms with Crippen LogP contribution >= 0.6 is 0 Å². The second-order valence-corrected chi connectivity index (χ2v) is 6.77. The van der Waals surface area contributed by atoms with Crippen molar-refractivity contribution < 1.29 is 4.74 Å². The third-order valence-electron chi connectivity index (χ3n) is 5.07. The molecule has 0 amide bonds. The first-order chi connectivity index (χ1) is 9.86. The molecule has 0 bridgehead atoms. The number of hydrogen-bond acceptors (Lipinski definition) is 4. The predicted molar refractivity (Wildman–Crippen MR) is 82.0 cm³/mol. The van der Waals surface area contributed by atoms with Crippen LogP contribution in [-0.2, 0) is 4.74 Å². The molecule has 116 valence electrons. The Morgan fingerprint density at radius 3 is 2.60 bits per heavy atom. The van der Waals surface area contributed by atoms with Crippen molar-refractivity contribution in [1.82, 2.24) is 15.1 Å². The van der Waals surface area contributed by atoms with E-state index in [9.17, 15) is 0 Å². The summed E-state index contributed by atoms with van der Waals surface area (Å²) < 4.78 is 5.75. The molecule has 0 aromatic rings. The molecule has 3 aliphatic rings. The Kier molecular flexibility index (Phi) is 5.32. The van der Waals surface area contributed by atoms with Gasteiger partial charge >= 0.3 is 0 Å². The molecule has 0 radical (unpaired) electrons. The molecule has 4 heteroatoms. The van der Waals surface area contributed by atoms with Crippen molar-refractivity contribution in [1.29, 1.82) is 0 Å². The van der Waals surface area contributed by atoms with E-state index in [1.165, 1.54) is 58.4 Å². The van der Waals surface area contributed by atoms with Crippen molar-refractivity contribution in [3.05, 3.63) is 0 Å². The van der Waals surface area contributed by atoms with E-state index in [2.05, 4.69) is 22.0 Å². The van der Waals surface area contributed by atoms with Crippen LogP contribution in [0.4, 0.5) is 0 Å². The molecule has 2 saturated heterocycles. The Balaban J connectivity index is 1.46. The van der Waals surface area contributed by atoms with Crippen LogP contribution in [0, 0.1) is 5.92 Å². The van der Waals surface area contributed by atoms with Crippen LogP contribution in [0.1, 0.15) is 32.6 Å². The standard InChI is InChI=1S/C16H31N3O/c1-2-6-17-15-5-11-20-13-16(15)19-9-7-18(8-10-19)12-14-3-4-14/h14-17H,2-13H2,1H3. The summed E-state index contributed by atoms with van der Waals surface area (Å²) in [5.41, 5.74) is 0. The Labute approximate surface area is 123 Å². The average molecular weight is 281 g/mol. The normalized spacial score (nSPS) is 33.5. The highest BCUT2D eigenvalue weighted by molar-refractivity contribution is 4.90. The monoisotopic (exact) mass is 281 g/mol. The van der Waals surface area contributed by atoms with Gasteiger partial charge in [0.05, 0.1) is 6.61 Å². The first-order valence-electron chi connectivity index (χ1n) is 8.64. The lowest BCUT2D eigenvalue weighted by Gasteiger charge is -2.44. The number of hydrogen-bond donors (Lipinski definition) is 1. The first kappa shape index (κ1) is 14.8. The molecule has 1 aliphatic carbocycles. The van der Waals surface area contributed by atoms with Gasteiger partial charge in [0, 0.05) is 51.4 Å². The van der Waals surface area contributed by atoms with E-state index in [1.807, 2.05) is 0 Å². The van der Waals surface area contributed by atoms with Crippen molar-refractivity contribution in [2.75, 3.05) is 52.5 Å². The molecule has 1 saturated carbocycles. The Morgan fingerprint density at radius 2 is 1.90 bits per heavy atom. The molecule has 1 N–H and O–H groups in total. The number of ether oxygens (including phenoxy) is 1. The SMILES string of the molecule is CCCNC1CCOCC1N1CCN(CC2CC2)CC1. The van der Waals surface area contributed by atoms with Crippen LogP contribution in [0.3, 0.4) is 0 Å². The van der Waals surface area contributed by atoms with Crippen LogP contribution in [-0.4, -0.2) is 74.4 Å². The largest absolute Gasteiger partial charge is 0.380 e. The van der Waals surface area contributed by atoms with E-state index in [0.717, 1.165) is 25.7 Å². The van der Waals surface area contributed by atoms with E-state index in [1.54, 1.807) is 0 Å². The molecular weight excluding hydrogens is 250 g/mol. The van der Waals surface area contributed by atoms with Crippen molar-refractivity contribution in [3.8, 4) is 0 Å². The molecule has 3 fully saturated rings. The van der Waals surface area contributed by atoms with Gasteiger partial charge in [-0.3, -0.25) is 4.90 Å². The molecular formula is C16H31N3O. The minimum atomic E-state index is 0.596. The fourth-order valence-corrected chi connectivity index (χ4v) is 3.59. The lowest BCUT2D eigenvalue weighted by molar-refractivity contribution is -0.0203. The van der Waals surface area contributed by atoms with Gasteiger partial charge < -0.3 is 15.0 Å². The zero-order valence-electron chi connectivity index (χ0n) is 13.0. The Morgan fingerprint density at radius 1 is 1.10 bits per heavy atom. The zero-order valence-corrected chi connectivity index (χ0v) is 13.0. The van der Waals surface area contributed by atoms with Gasteiger partial charge in [0.15, 0.2) is 0 Å². The topological polar surface area (TPSA) is 27.7 Å². The average Bonchev–Trinajstić information content (AvgIpc) is 3.30. The fourth-order valence-electron chi connectivity index (χ4n) is 3.59. The summed E-state index contributed by atoms with van der Waals surface area (Å²) in [5.74, 6) is 1.03. The molecule has 0 spiro atoms. The third-order valence-corrected chi connectivity index (χ3v) is 5.07. The van der Waals surface area contributed by atoms with E-state index in [4.69, 9.17) is 4.74 Å². The van der Waals surface area contributed by atoms with Crippen LogP contribution in [0.2, 0.25) is 0 Å². The molecule has 2 atom stereocenters. The molecule has 2 heterocycles. The number of nitrogens with one attached hydrogen (secondary N) is 1. The van der Waals surface area contributed by atoms with Gasteiger partial charge in [0.25, 0.3) is 0 Å². The van der Waals surface area contributed by atoms with E-state index >= 15 is 0 Å². The highest BCUT2D eigenvalue weighted by Gasteiger charge is 2.33. The maximum absolute atomic E-state index is 5.75. The maximum atomic E-state index is 5.75. The summed E-state index contributed by atoms with van der Waals surface area (Å²) >= 11 is 0. The lowest BCUT2D eigenvalue weighted by atomic mass is 10.0. The summed E-state index contributed by atoms with van der Waals surface area (Å²) in [6.45, 7) is 11.6. The van der Waals surface area contributed by atoms with Gasteiger partial charge in [0.1, 0.15) is 0 Å². The van der Waals surface area contributed by atoms with E-state index < -0.39 is 0 Å². The summed E-state index contributed by atoms with van der Waals surface area (Å²) in [4.78, 5) is 5.35. The minimum Gasteiger partial charge on any atom is -0.380 e. The van der Waals surface area contributed by atoms with E-state index in [0.29, 0.717) is 12.1 Å². The van der Waals surface area contributed by atoms with E-state index in [-0.39, 0.29) is 0 Å². The second-order valence-electron chi connectivity index (χ2n) is 6.77. The number of nitrogens with zero attached hydrogens (tertiary/aromatic N) is 2. The smallest absolute Gasteiger partial charge is 0.0637 e. The fraction of sp³-hybridized carbons (Fsp3) is 1.00. The summed E-state index contributed by atoms with van der Waals surface area (Å²) in [7, 11) is 0. The summed E-state index contributed by atoms with van der Waals surface area (Å²) in [6, 6.07) is 1.23. The van der Waals surface area contributed by atoms with Crippen molar-refractivity contribution >= 4 is 0 Å². The highest BCUT2D eigenvalue weighted by atomic mass is 16.5. The van der Waals surface area contributed by atoms with Crippen LogP contribution in [0.15, 0.2) is 0 Å². The molecule has 2 unspecified atom stereocenters. The van der Waals surface area contributed by atoms with Crippen LogP contribution in [0.5, 0.6) is 0 Å². The summed E-state index contributed by atoms with van der Waals surface area (Å²) in [5, 5.41) is 3.74. The first-order valence-corrected chi connectivity index (χ1v) is 8.64. The van der Waals surface area contributed by atoms with Gasteiger partial charge in [-0.05, 0) is 38.1 Å². The molecule has 4 nitrogen and oxygen atoms in total. The highest BCUT2D eigenvalue weighted by Crippen LogP contribution is 2.30. The second kappa shape index (κ2) is 7.21. The molecule has 3 rings (SSSR count). The number of piperazine rings is 1. The van der Waals surface area contributed by atoms with Crippen molar-refractivity contribution in [3.63, 3.8) is 0 Å². The molecule has 2 aliphatic heterocycles. The molecule has 0 aromatic carbocycles. The third kappa shape index (κ3) is 3.94. The zero-order chi connectivity index (χ0) is 13.8. The van der Waals surface area contributed by atoms with Gasteiger partial charge in [-0.15, -0.1) is 0 Å². The Bertz CT molecular complexity index is 287. The molecule has 0 aromatic heterocycles. The number of rotatable bonds is 6. The lowest BCUT2D eigenvalue weighted by Crippen LogP contribution is -2.60. The van der Waals surface area contributed by atoms with Gasteiger partial charge in [-0.1, -0.05) is 6.92 Å². The van der Waals surface area contributed by atoms with Gasteiger partial charge in [-0.2, -0.15) is 0 Å². The predicted octanol–water partition coefficient (Wildman–Crippen LogP) is 1.17. The van der Waals surface area contributed by atoms with Gasteiger partial charge in [-0.25, -0.2) is 0 Å². The maximum Gasteiger partial charge on any atom is 0.0637 e.